The lowest BCUT2D eigenvalue weighted by molar-refractivity contribution is 0.304. The SMILES string of the molecule is COc1cccc(COc2c(N)cc(C#N)cc2I)c1. The first kappa shape index (κ1) is 14.5. The Kier molecular flexibility index (Phi) is 4.69. The van der Waals surface area contributed by atoms with Gasteiger partial charge in [0.15, 0.2) is 5.75 Å². The average Bonchev–Trinajstić information content (AvgIpc) is 2.46. The lowest BCUT2D eigenvalue weighted by Crippen LogP contribution is -2.01. The summed E-state index contributed by atoms with van der Waals surface area (Å²) in [6, 6.07) is 13.1. The van der Waals surface area contributed by atoms with E-state index in [0.29, 0.717) is 23.6 Å². The van der Waals surface area contributed by atoms with E-state index < -0.39 is 0 Å². The molecular formula is C15H13IN2O2. The first-order valence-electron chi connectivity index (χ1n) is 5.89. The molecule has 0 aliphatic carbocycles. The molecule has 0 radical (unpaired) electrons. The van der Waals surface area contributed by atoms with Crippen LogP contribution in [0.4, 0.5) is 5.69 Å². The van der Waals surface area contributed by atoms with Gasteiger partial charge >= 0.3 is 0 Å². The molecule has 0 unspecified atom stereocenters. The molecule has 5 heteroatoms. The van der Waals surface area contributed by atoms with Crippen molar-refractivity contribution in [3.8, 4) is 17.6 Å². The predicted molar refractivity (Wildman–Crippen MR) is 85.6 cm³/mol. The Morgan fingerprint density at radius 3 is 2.75 bits per heavy atom. The van der Waals surface area contributed by atoms with Crippen LogP contribution in [0.5, 0.6) is 11.5 Å². The monoisotopic (exact) mass is 380 g/mol. The minimum Gasteiger partial charge on any atom is -0.497 e. The van der Waals surface area contributed by atoms with Crippen LogP contribution >= 0.6 is 22.6 Å². The van der Waals surface area contributed by atoms with Crippen molar-refractivity contribution < 1.29 is 9.47 Å². The Labute approximate surface area is 131 Å². The van der Waals surface area contributed by atoms with Crippen molar-refractivity contribution in [3.63, 3.8) is 0 Å². The Bertz CT molecular complexity index is 642. The summed E-state index contributed by atoms with van der Waals surface area (Å²) in [5.41, 5.74) is 7.90. The van der Waals surface area contributed by atoms with Gasteiger partial charge in [-0.3, -0.25) is 0 Å². The molecule has 0 amide bonds. The molecule has 20 heavy (non-hydrogen) atoms. The first-order valence-corrected chi connectivity index (χ1v) is 6.96. The molecule has 2 N–H and O–H groups in total. The van der Waals surface area contributed by atoms with Crippen molar-refractivity contribution in [1.82, 2.24) is 0 Å². The third-order valence-electron chi connectivity index (χ3n) is 2.72. The van der Waals surface area contributed by atoms with Crippen LogP contribution in [-0.4, -0.2) is 7.11 Å². The molecule has 2 rings (SSSR count). The van der Waals surface area contributed by atoms with Gasteiger partial charge in [-0.05, 0) is 52.4 Å². The van der Waals surface area contributed by atoms with Crippen LogP contribution in [0, 0.1) is 14.9 Å². The maximum Gasteiger partial charge on any atom is 0.156 e. The molecule has 0 saturated heterocycles. The Morgan fingerprint density at radius 1 is 1.30 bits per heavy atom. The number of anilines is 1. The van der Waals surface area contributed by atoms with Crippen molar-refractivity contribution >= 4 is 28.3 Å². The Balaban J connectivity index is 2.17. The van der Waals surface area contributed by atoms with E-state index in [2.05, 4.69) is 28.7 Å². The fraction of sp³-hybridized carbons (Fsp3) is 0.133. The molecule has 0 heterocycles. The molecule has 0 atom stereocenters. The van der Waals surface area contributed by atoms with E-state index in [1.165, 1.54) is 0 Å². The van der Waals surface area contributed by atoms with Crippen LogP contribution in [0.25, 0.3) is 0 Å². The number of benzene rings is 2. The first-order chi connectivity index (χ1) is 9.63. The van der Waals surface area contributed by atoms with Crippen molar-refractivity contribution in [1.29, 1.82) is 5.26 Å². The highest BCUT2D eigenvalue weighted by atomic mass is 127. The quantitative estimate of drug-likeness (QED) is 0.653. The van der Waals surface area contributed by atoms with Gasteiger partial charge in [0, 0.05) is 0 Å². The van der Waals surface area contributed by atoms with Crippen LogP contribution in [0.3, 0.4) is 0 Å². The molecule has 4 nitrogen and oxygen atoms in total. The highest BCUT2D eigenvalue weighted by Crippen LogP contribution is 2.30. The van der Waals surface area contributed by atoms with Gasteiger partial charge in [0.1, 0.15) is 12.4 Å². The van der Waals surface area contributed by atoms with Gasteiger partial charge in [0.05, 0.1) is 28.0 Å². The van der Waals surface area contributed by atoms with Crippen molar-refractivity contribution in [2.75, 3.05) is 12.8 Å². The second-order valence-corrected chi connectivity index (χ2v) is 5.29. The van der Waals surface area contributed by atoms with E-state index in [9.17, 15) is 0 Å². The summed E-state index contributed by atoms with van der Waals surface area (Å²) in [6.07, 6.45) is 0. The molecule has 0 saturated carbocycles. The van der Waals surface area contributed by atoms with E-state index in [0.717, 1.165) is 14.9 Å². The summed E-state index contributed by atoms with van der Waals surface area (Å²) >= 11 is 2.11. The third-order valence-corrected chi connectivity index (χ3v) is 3.52. The fourth-order valence-corrected chi connectivity index (χ4v) is 2.55. The van der Waals surface area contributed by atoms with Crippen molar-refractivity contribution in [2.24, 2.45) is 0 Å². The molecule has 0 aliphatic heterocycles. The smallest absolute Gasteiger partial charge is 0.156 e. The molecule has 0 aromatic heterocycles. The van der Waals surface area contributed by atoms with Crippen LogP contribution in [0.2, 0.25) is 0 Å². The summed E-state index contributed by atoms with van der Waals surface area (Å²) in [6.45, 7) is 0.392. The topological polar surface area (TPSA) is 68.3 Å². The zero-order valence-corrected chi connectivity index (χ0v) is 13.0. The maximum absolute atomic E-state index is 8.88. The maximum atomic E-state index is 8.88. The van der Waals surface area contributed by atoms with Crippen LogP contribution in [-0.2, 0) is 6.61 Å². The fourth-order valence-electron chi connectivity index (χ4n) is 1.75. The minimum atomic E-state index is 0.392. The highest BCUT2D eigenvalue weighted by molar-refractivity contribution is 14.1. The standard InChI is InChI=1S/C15H13IN2O2/c1-19-12-4-2-3-10(5-12)9-20-15-13(16)6-11(8-17)7-14(15)18/h2-7H,9,18H2,1H3. The van der Waals surface area contributed by atoms with E-state index in [4.69, 9.17) is 20.5 Å². The number of hydrogen-bond acceptors (Lipinski definition) is 4. The third kappa shape index (κ3) is 3.33. The van der Waals surface area contributed by atoms with E-state index in [1.807, 2.05) is 24.3 Å². The molecule has 0 bridgehead atoms. The van der Waals surface area contributed by atoms with Crippen LogP contribution in [0.1, 0.15) is 11.1 Å². The van der Waals surface area contributed by atoms with Gasteiger partial charge in [-0.2, -0.15) is 5.26 Å². The van der Waals surface area contributed by atoms with Crippen molar-refractivity contribution in [2.45, 2.75) is 6.61 Å². The zero-order valence-electron chi connectivity index (χ0n) is 10.9. The second kappa shape index (κ2) is 6.48. The van der Waals surface area contributed by atoms with Gasteiger partial charge < -0.3 is 15.2 Å². The summed E-state index contributed by atoms with van der Waals surface area (Å²) in [5, 5.41) is 8.88. The van der Waals surface area contributed by atoms with E-state index in [-0.39, 0.29) is 0 Å². The van der Waals surface area contributed by atoms with Gasteiger partial charge in [-0.25, -0.2) is 0 Å². The highest BCUT2D eigenvalue weighted by Gasteiger charge is 2.09. The largest absolute Gasteiger partial charge is 0.497 e. The average molecular weight is 380 g/mol. The zero-order chi connectivity index (χ0) is 14.5. The molecule has 0 spiro atoms. The number of nitrogens with two attached hydrogens (primary N) is 1. The molecule has 2 aromatic carbocycles. The summed E-state index contributed by atoms with van der Waals surface area (Å²) in [7, 11) is 1.63. The number of halogens is 1. The number of ether oxygens (including phenoxy) is 2. The normalized spacial score (nSPS) is 9.85. The second-order valence-electron chi connectivity index (χ2n) is 4.13. The van der Waals surface area contributed by atoms with E-state index in [1.54, 1.807) is 19.2 Å². The van der Waals surface area contributed by atoms with Crippen molar-refractivity contribution in [3.05, 3.63) is 51.1 Å². The molecule has 2 aromatic rings. The summed E-state index contributed by atoms with van der Waals surface area (Å²) < 4.78 is 11.7. The van der Waals surface area contributed by atoms with E-state index >= 15 is 0 Å². The number of rotatable bonds is 4. The van der Waals surface area contributed by atoms with Gasteiger partial charge in [-0.15, -0.1) is 0 Å². The van der Waals surface area contributed by atoms with Gasteiger partial charge in [0.25, 0.3) is 0 Å². The summed E-state index contributed by atoms with van der Waals surface area (Å²) in [5.74, 6) is 1.39. The van der Waals surface area contributed by atoms with Gasteiger partial charge in [0.2, 0.25) is 0 Å². The minimum absolute atomic E-state index is 0.392. The predicted octanol–water partition coefficient (Wildman–Crippen LogP) is 3.33. The summed E-state index contributed by atoms with van der Waals surface area (Å²) in [4.78, 5) is 0. The lowest BCUT2D eigenvalue weighted by atomic mass is 10.2. The molecule has 0 fully saturated rings. The molecule has 0 aliphatic rings. The molecule has 102 valence electrons. The lowest BCUT2D eigenvalue weighted by Gasteiger charge is -2.12. The number of hydrogen-bond donors (Lipinski definition) is 1. The number of nitrogen functional groups attached to an aromatic ring is 1. The Morgan fingerprint density at radius 2 is 2.10 bits per heavy atom. The number of nitrogens with zero attached hydrogens (tertiary/aromatic N) is 1. The van der Waals surface area contributed by atoms with Crippen LogP contribution in [0.15, 0.2) is 36.4 Å². The Hall–Kier alpha value is -1.94. The number of nitriles is 1. The van der Waals surface area contributed by atoms with Gasteiger partial charge in [-0.1, -0.05) is 12.1 Å². The number of methoxy groups -OCH3 is 1. The van der Waals surface area contributed by atoms with Crippen LogP contribution < -0.4 is 15.2 Å². The molecular weight excluding hydrogens is 367 g/mol.